The van der Waals surface area contributed by atoms with Gasteiger partial charge in [0.2, 0.25) is 0 Å². The van der Waals surface area contributed by atoms with E-state index in [0.717, 1.165) is 0 Å². The smallest absolute Gasteiger partial charge is 0.325 e. The lowest BCUT2D eigenvalue weighted by Crippen LogP contribution is -2.61. The quantitative estimate of drug-likeness (QED) is 0.540. The molecular formula is C10H20N4O4S. The molecule has 0 radical (unpaired) electrons. The Labute approximate surface area is 112 Å². The van der Waals surface area contributed by atoms with Crippen molar-refractivity contribution in [1.82, 2.24) is 13.9 Å². The summed E-state index contributed by atoms with van der Waals surface area (Å²) in [4.78, 5) is 11.1. The molecule has 0 saturated carbocycles. The molecule has 2 fully saturated rings. The predicted molar refractivity (Wildman–Crippen MR) is 68.7 cm³/mol. The third-order valence-electron chi connectivity index (χ3n) is 3.79. The number of nitrogens with zero attached hydrogens (tertiary/aromatic N) is 2. The molecule has 2 saturated heterocycles. The first kappa shape index (κ1) is 14.7. The number of carbonyl (C=O) groups is 1. The van der Waals surface area contributed by atoms with Gasteiger partial charge < -0.3 is 16.2 Å². The van der Waals surface area contributed by atoms with E-state index in [2.05, 4.69) is 5.32 Å². The molecule has 0 amide bonds. The molecule has 110 valence electrons. The van der Waals surface area contributed by atoms with Crippen molar-refractivity contribution >= 4 is 16.2 Å². The average molecular weight is 292 g/mol. The zero-order valence-corrected chi connectivity index (χ0v) is 11.7. The summed E-state index contributed by atoms with van der Waals surface area (Å²) in [7, 11) is -3.63. The number of hydrogen-bond acceptors (Lipinski definition) is 5. The van der Waals surface area contributed by atoms with Crippen LogP contribution in [0.5, 0.6) is 0 Å². The van der Waals surface area contributed by atoms with Gasteiger partial charge in [0.25, 0.3) is 10.2 Å². The Balaban J connectivity index is 2.14. The molecule has 2 aliphatic rings. The highest BCUT2D eigenvalue weighted by Crippen LogP contribution is 2.25. The van der Waals surface area contributed by atoms with Crippen LogP contribution in [0, 0.1) is 0 Å². The minimum absolute atomic E-state index is 0.0485. The van der Waals surface area contributed by atoms with Crippen LogP contribution < -0.4 is 11.1 Å². The van der Waals surface area contributed by atoms with Gasteiger partial charge in [0.05, 0.1) is 6.04 Å². The Kier molecular flexibility index (Phi) is 3.85. The summed E-state index contributed by atoms with van der Waals surface area (Å²) in [6.45, 7) is 3.40. The van der Waals surface area contributed by atoms with Crippen molar-refractivity contribution < 1.29 is 18.3 Å². The number of hydrogen-bond donors (Lipinski definition) is 3. The summed E-state index contributed by atoms with van der Waals surface area (Å²) in [6.07, 6.45) is 0.141. The first-order chi connectivity index (χ1) is 8.81. The van der Waals surface area contributed by atoms with Crippen molar-refractivity contribution in [2.45, 2.75) is 24.9 Å². The van der Waals surface area contributed by atoms with Crippen molar-refractivity contribution in [3.63, 3.8) is 0 Å². The van der Waals surface area contributed by atoms with E-state index in [1.165, 1.54) is 8.61 Å². The molecule has 0 bridgehead atoms. The normalized spacial score (nSPS) is 29.6. The Bertz CT molecular complexity index is 464. The van der Waals surface area contributed by atoms with Gasteiger partial charge in [-0.2, -0.15) is 17.0 Å². The monoisotopic (exact) mass is 292 g/mol. The fourth-order valence-corrected chi connectivity index (χ4v) is 4.27. The van der Waals surface area contributed by atoms with E-state index in [-0.39, 0.29) is 25.6 Å². The van der Waals surface area contributed by atoms with E-state index >= 15 is 0 Å². The van der Waals surface area contributed by atoms with E-state index < -0.39 is 21.7 Å². The van der Waals surface area contributed by atoms with E-state index in [4.69, 9.17) is 10.8 Å². The number of nitrogens with two attached hydrogens (primary N) is 1. The molecule has 0 aromatic heterocycles. The molecule has 19 heavy (non-hydrogen) atoms. The zero-order valence-electron chi connectivity index (χ0n) is 10.9. The van der Waals surface area contributed by atoms with E-state index in [0.29, 0.717) is 19.6 Å². The maximum absolute atomic E-state index is 12.5. The fourth-order valence-electron chi connectivity index (χ4n) is 2.40. The minimum atomic E-state index is -3.63. The first-order valence-corrected chi connectivity index (χ1v) is 7.71. The minimum Gasteiger partial charge on any atom is -0.480 e. The van der Waals surface area contributed by atoms with Crippen LogP contribution in [0.4, 0.5) is 0 Å². The van der Waals surface area contributed by atoms with Crippen molar-refractivity contribution in [2.24, 2.45) is 5.73 Å². The van der Waals surface area contributed by atoms with E-state index in [1.54, 1.807) is 6.92 Å². The van der Waals surface area contributed by atoms with Gasteiger partial charge in [-0.1, -0.05) is 6.92 Å². The molecule has 0 spiro atoms. The number of likely N-dealkylation sites (N-methyl/N-ethyl adjacent to an activating group) is 1. The molecule has 4 N–H and O–H groups in total. The van der Waals surface area contributed by atoms with Gasteiger partial charge >= 0.3 is 5.97 Å². The van der Waals surface area contributed by atoms with Crippen LogP contribution in [-0.4, -0.2) is 72.4 Å². The van der Waals surface area contributed by atoms with Crippen LogP contribution >= 0.6 is 0 Å². The SMILES string of the molecule is CCN(C1CNC1)S(=O)(=O)N1CC[C@](N)(C(=O)O)C1. The number of rotatable bonds is 5. The lowest BCUT2D eigenvalue weighted by atomic mass is 10.0. The Morgan fingerprint density at radius 3 is 2.58 bits per heavy atom. The van der Waals surface area contributed by atoms with Crippen LogP contribution in [0.1, 0.15) is 13.3 Å². The predicted octanol–water partition coefficient (Wildman–Crippen LogP) is -1.99. The molecule has 2 rings (SSSR count). The zero-order chi connectivity index (χ0) is 14.3. The summed E-state index contributed by atoms with van der Waals surface area (Å²) in [6, 6.07) is -0.0485. The second kappa shape index (κ2) is 4.98. The molecule has 8 nitrogen and oxygen atoms in total. The number of carboxylic acids is 1. The van der Waals surface area contributed by atoms with Crippen LogP contribution in [0.2, 0.25) is 0 Å². The molecule has 0 unspecified atom stereocenters. The van der Waals surface area contributed by atoms with Crippen LogP contribution in [0.25, 0.3) is 0 Å². The molecule has 2 heterocycles. The highest BCUT2D eigenvalue weighted by Gasteiger charge is 2.47. The maximum atomic E-state index is 12.5. The number of aliphatic carboxylic acids is 1. The topological polar surface area (TPSA) is 116 Å². The Morgan fingerprint density at radius 2 is 2.21 bits per heavy atom. The first-order valence-electron chi connectivity index (χ1n) is 6.31. The van der Waals surface area contributed by atoms with Crippen molar-refractivity contribution in [3.8, 4) is 0 Å². The summed E-state index contributed by atoms with van der Waals surface area (Å²) < 4.78 is 27.6. The van der Waals surface area contributed by atoms with Crippen molar-refractivity contribution in [2.75, 3.05) is 32.7 Å². The Morgan fingerprint density at radius 1 is 1.58 bits per heavy atom. The van der Waals surface area contributed by atoms with Gasteiger partial charge in [-0.25, -0.2) is 0 Å². The lowest BCUT2D eigenvalue weighted by Gasteiger charge is -2.38. The van der Waals surface area contributed by atoms with Gasteiger partial charge in [0.15, 0.2) is 0 Å². The third kappa shape index (κ3) is 2.48. The number of nitrogens with one attached hydrogen (secondary N) is 1. The van der Waals surface area contributed by atoms with Gasteiger partial charge in [0, 0.05) is 32.7 Å². The lowest BCUT2D eigenvalue weighted by molar-refractivity contribution is -0.142. The fraction of sp³-hybridized carbons (Fsp3) is 0.900. The largest absolute Gasteiger partial charge is 0.480 e. The van der Waals surface area contributed by atoms with Crippen LogP contribution in [0.3, 0.4) is 0 Å². The van der Waals surface area contributed by atoms with Crippen molar-refractivity contribution in [1.29, 1.82) is 0 Å². The highest BCUT2D eigenvalue weighted by atomic mass is 32.2. The van der Waals surface area contributed by atoms with Gasteiger partial charge in [-0.3, -0.25) is 4.79 Å². The maximum Gasteiger partial charge on any atom is 0.325 e. The van der Waals surface area contributed by atoms with Gasteiger partial charge in [-0.05, 0) is 6.42 Å². The summed E-state index contributed by atoms with van der Waals surface area (Å²) in [5.41, 5.74) is 4.25. The summed E-state index contributed by atoms with van der Waals surface area (Å²) >= 11 is 0. The Hall–Kier alpha value is -0.740. The average Bonchev–Trinajstić information content (AvgIpc) is 2.67. The van der Waals surface area contributed by atoms with Gasteiger partial charge in [0.1, 0.15) is 5.54 Å². The molecule has 0 aromatic rings. The molecule has 2 aliphatic heterocycles. The summed E-state index contributed by atoms with van der Waals surface area (Å²) in [5.74, 6) is -1.15. The second-order valence-corrected chi connectivity index (χ2v) is 6.95. The highest BCUT2D eigenvalue weighted by molar-refractivity contribution is 7.86. The van der Waals surface area contributed by atoms with Crippen LogP contribution in [-0.2, 0) is 15.0 Å². The van der Waals surface area contributed by atoms with E-state index in [9.17, 15) is 13.2 Å². The van der Waals surface area contributed by atoms with E-state index in [1.807, 2.05) is 0 Å². The standard InChI is InChI=1S/C10H20N4O4S/c1-2-14(8-5-12-6-8)19(17,18)13-4-3-10(11,7-13)9(15)16/h8,12H,2-7,11H2,1H3,(H,15,16)/t10-/m1/s1. The van der Waals surface area contributed by atoms with Gasteiger partial charge in [-0.15, -0.1) is 0 Å². The van der Waals surface area contributed by atoms with Crippen LogP contribution in [0.15, 0.2) is 0 Å². The molecule has 1 atom stereocenters. The molecule has 9 heteroatoms. The third-order valence-corrected chi connectivity index (χ3v) is 5.91. The molecule has 0 aliphatic carbocycles. The summed E-state index contributed by atoms with van der Waals surface area (Å²) in [5, 5.41) is 12.1. The molecule has 0 aromatic carbocycles. The van der Waals surface area contributed by atoms with Crippen molar-refractivity contribution in [3.05, 3.63) is 0 Å². The second-order valence-electron chi connectivity index (χ2n) is 5.07. The number of carboxylic acid groups (broad SMARTS) is 1. The molecular weight excluding hydrogens is 272 g/mol.